The molecule has 0 aromatic carbocycles. The fraction of sp³-hybridized carbons (Fsp3) is 0.592. The first kappa shape index (κ1) is 105. The van der Waals surface area contributed by atoms with Crippen LogP contribution in [0.25, 0.3) is 41.8 Å². The molecule has 8 amide bonds. The van der Waals surface area contributed by atoms with Gasteiger partial charge in [0.25, 0.3) is 47.3 Å². The summed E-state index contributed by atoms with van der Waals surface area (Å²) in [7, 11) is 0. The van der Waals surface area contributed by atoms with Crippen molar-refractivity contribution in [2.24, 2.45) is 5.41 Å². The number of thiazole rings is 4. The Bertz CT molecular complexity index is 5410. The van der Waals surface area contributed by atoms with E-state index in [1.54, 1.807) is 52.5 Å². The molecule has 6 aliphatic rings. The molecule has 13 heterocycles. The molecule has 1 aliphatic carbocycles. The summed E-state index contributed by atoms with van der Waals surface area (Å²) in [5, 5.41) is 65.1. The first-order valence-corrected chi connectivity index (χ1v) is 50.2. The Hall–Kier alpha value is -10.1. The number of aromatic nitrogens is 8. The summed E-state index contributed by atoms with van der Waals surface area (Å²) in [6.45, 7) is 51.6. The van der Waals surface area contributed by atoms with Crippen LogP contribution in [0.1, 0.15) is 313 Å². The largest absolute Gasteiger partial charge is 0.394 e. The number of nitrogens with zero attached hydrogens (tertiary/aromatic N) is 12. The third-order valence-electron chi connectivity index (χ3n) is 24.3. The maximum Gasteiger partial charge on any atom is 0.280 e. The zero-order valence-electron chi connectivity index (χ0n) is 82.8. The van der Waals surface area contributed by atoms with Gasteiger partial charge in [-0.3, -0.25) is 38.4 Å². The number of likely N-dealkylation sites (tertiary alicyclic amines) is 4. The molecular formula is C98H140N20O13S4. The van der Waals surface area contributed by atoms with Gasteiger partial charge in [0.15, 0.2) is 20.0 Å². The lowest BCUT2D eigenvalue weighted by molar-refractivity contribution is 0.0408. The number of aliphatic hydroxyl groups excluding tert-OH is 3. The van der Waals surface area contributed by atoms with Crippen LogP contribution in [0.15, 0.2) is 49.1 Å². The molecule has 14 rings (SSSR count). The third-order valence-corrected chi connectivity index (χ3v) is 28.7. The minimum Gasteiger partial charge on any atom is -0.394 e. The lowest BCUT2D eigenvalue weighted by Crippen LogP contribution is -2.47. The highest BCUT2D eigenvalue weighted by Gasteiger charge is 2.40. The number of amides is 8. The molecule has 135 heavy (non-hydrogen) atoms. The monoisotopic (exact) mass is 1930 g/mol. The Morgan fingerprint density at radius 2 is 0.733 bits per heavy atom. The van der Waals surface area contributed by atoms with Crippen LogP contribution in [-0.4, -0.2) is 262 Å². The second-order valence-corrected chi connectivity index (χ2v) is 45.5. The molecule has 8 aromatic rings. The number of hydrogen-bond acceptors (Lipinski definition) is 29. The van der Waals surface area contributed by atoms with Crippen molar-refractivity contribution in [3.05, 3.63) is 114 Å². The van der Waals surface area contributed by atoms with Crippen molar-refractivity contribution in [2.75, 3.05) is 73.8 Å². The second kappa shape index (κ2) is 44.1. The molecule has 8 aromatic heterocycles. The van der Waals surface area contributed by atoms with Gasteiger partial charge in [0, 0.05) is 127 Å². The van der Waals surface area contributed by atoms with Gasteiger partial charge >= 0.3 is 0 Å². The second-order valence-electron chi connectivity index (χ2n) is 41.5. The third kappa shape index (κ3) is 27.5. The van der Waals surface area contributed by atoms with Crippen molar-refractivity contribution in [1.29, 1.82) is 0 Å². The van der Waals surface area contributed by atoms with Gasteiger partial charge in [-0.1, -0.05) is 20.8 Å². The molecule has 0 radical (unpaired) electrons. The fourth-order valence-electron chi connectivity index (χ4n) is 16.5. The SMILES string of the molecule is Cc1cc(NC(C)(C)C)ncc1-c1sc(C(=O)NC2CCCC2O)nc1C(=O)N1CCC[C@@H]1C.Cc1cc(NC(C)(C)C)ncc1-c1sc(C(=O)N[C@H](C)CO)nc1C(=O)N1CCC[C@@H]1C.Cc1cc(NC(C)(C)C)ncc1-c1sc(C(=O)N[C@H]2COC[C@@H]2O)nc1C(=O)N1CCC[C@@H]1C.Cc1cc(NCC(C)(C)C)ncc1-c1sc(C(=O)N[C@H](C)C(C)(C)O)nc1C(=O)N1CCC[C@@H]1C. The number of carbonyl (C=O) groups excluding carboxylic acids is 8. The number of pyridine rings is 4. The van der Waals surface area contributed by atoms with E-state index >= 15 is 0 Å². The lowest BCUT2D eigenvalue weighted by Gasteiger charge is -2.26. The number of hydrogen-bond donors (Lipinski definition) is 12. The predicted molar refractivity (Wildman–Crippen MR) is 534 cm³/mol. The normalized spacial score (nSPS) is 20.1. The molecule has 0 spiro atoms. The van der Waals surface area contributed by atoms with Crippen molar-refractivity contribution in [3.63, 3.8) is 0 Å². The summed E-state index contributed by atoms with van der Waals surface area (Å²) >= 11 is 4.76. The van der Waals surface area contributed by atoms with Gasteiger partial charge < -0.3 is 87.3 Å². The minimum atomic E-state index is -1.09. The summed E-state index contributed by atoms with van der Waals surface area (Å²) < 4.78 is 5.23. The van der Waals surface area contributed by atoms with Crippen molar-refractivity contribution in [2.45, 2.75) is 320 Å². The highest BCUT2D eigenvalue weighted by Crippen LogP contribution is 2.42. The molecule has 10 atom stereocenters. The maximum absolute atomic E-state index is 13.5. The average Bonchev–Trinajstić information content (AvgIpc) is 1.65. The van der Waals surface area contributed by atoms with Crippen LogP contribution in [0, 0.1) is 33.1 Å². The first-order valence-electron chi connectivity index (χ1n) is 47.0. The fourth-order valence-corrected chi connectivity index (χ4v) is 20.6. The summed E-state index contributed by atoms with van der Waals surface area (Å²) in [5.74, 6) is 0.799. The Labute approximate surface area is 809 Å². The molecule has 33 nitrogen and oxygen atoms in total. The van der Waals surface area contributed by atoms with Gasteiger partial charge in [0.1, 0.15) is 46.0 Å². The Balaban J connectivity index is 0.000000173. The van der Waals surface area contributed by atoms with Gasteiger partial charge in [-0.25, -0.2) is 39.9 Å². The van der Waals surface area contributed by atoms with Crippen LogP contribution in [0.4, 0.5) is 23.3 Å². The van der Waals surface area contributed by atoms with Gasteiger partial charge in [-0.05, 0) is 268 Å². The predicted octanol–water partition coefficient (Wildman–Crippen LogP) is 14.8. The van der Waals surface area contributed by atoms with E-state index in [4.69, 9.17) is 4.74 Å². The van der Waals surface area contributed by atoms with Crippen molar-refractivity contribution in [3.8, 4) is 41.8 Å². The summed E-state index contributed by atoms with van der Waals surface area (Å²) in [6, 6.07) is 6.69. The summed E-state index contributed by atoms with van der Waals surface area (Å²) in [6.07, 6.45) is 15.6. The zero-order chi connectivity index (χ0) is 99.0. The molecular weight excluding hydrogens is 1790 g/mol. The highest BCUT2D eigenvalue weighted by molar-refractivity contribution is 7.18. The minimum absolute atomic E-state index is 0.112. The van der Waals surface area contributed by atoms with Crippen molar-refractivity contribution in [1.82, 2.24) is 80.7 Å². The smallest absolute Gasteiger partial charge is 0.280 e. The number of aryl methyl sites for hydroxylation is 4. The molecule has 12 N–H and O–H groups in total. The van der Waals surface area contributed by atoms with E-state index in [1.165, 1.54) is 45.3 Å². The number of carbonyl (C=O) groups is 8. The number of nitrogens with one attached hydrogen (secondary N) is 8. The van der Waals surface area contributed by atoms with E-state index in [-0.39, 0.29) is 139 Å². The standard InChI is InChI=1S/C26H39N5O3S.C25H35N5O3S.C24H33N5O4S.C23H33N5O3S/c1-15-12-19(28-14-25(4,5)6)27-13-18(15)21-20(24(33)31-11-9-10-16(31)2)30-23(35-21)22(32)29-17(3)26(7,8)34;1-14-12-19(29-25(3,4)5)26-13-16(14)21-20(24(33)30-11-7-8-15(30)2)28-23(34-21)22(32)27-17-9-6-10-18(17)31;1-13-9-18(28-24(3,4)5)25-10-15(13)20-19(23(32)29-8-6-7-14(29)2)27-22(34-20)21(31)26-16-11-33-12-17(16)30;1-13-10-17(27-23(4,5)6)24-11-16(13)19-18(22(31)28-9-7-8-15(28)3)26-21(32-19)20(30)25-14(2)12-29/h12-13,16-17,34H,9-11,14H2,1-8H3,(H,27,28)(H,29,32);12-13,15,17-18,31H,6-11H2,1-5H3,(H,26,29)(H,27,32);9-10,14,16-17,30H,6-8,11-12H2,1-5H3,(H,25,28)(H,26,31);10-11,14-15,29H,7-9,12H2,1-6H3,(H,24,27)(H,25,30)/t16-,17+;15-,17?,18?;14-,16-,17-;14-,15+/m0001/s1. The number of rotatable bonds is 23. The first-order chi connectivity index (χ1) is 63.2. The summed E-state index contributed by atoms with van der Waals surface area (Å²) in [5.41, 5.74) is 6.67. The average molecular weight is 1930 g/mol. The van der Waals surface area contributed by atoms with Gasteiger partial charge in [-0.15, -0.1) is 45.3 Å². The van der Waals surface area contributed by atoms with Gasteiger partial charge in [0.2, 0.25) is 0 Å². The molecule has 37 heteroatoms. The Morgan fingerprint density at radius 3 is 1.00 bits per heavy atom. The van der Waals surface area contributed by atoms with E-state index in [0.29, 0.717) is 57.8 Å². The van der Waals surface area contributed by atoms with Crippen LogP contribution in [-0.2, 0) is 4.74 Å². The van der Waals surface area contributed by atoms with Crippen LogP contribution < -0.4 is 42.5 Å². The van der Waals surface area contributed by atoms with Crippen LogP contribution in [0.5, 0.6) is 0 Å². The lowest BCUT2D eigenvalue weighted by atomic mass is 9.97. The molecule has 734 valence electrons. The highest BCUT2D eigenvalue weighted by atomic mass is 32.1. The van der Waals surface area contributed by atoms with Crippen molar-refractivity contribution < 1.29 is 63.5 Å². The van der Waals surface area contributed by atoms with Crippen LogP contribution >= 0.6 is 45.3 Å². The molecule has 0 bridgehead atoms. The Morgan fingerprint density at radius 1 is 0.422 bits per heavy atom. The molecule has 6 fully saturated rings. The molecule has 1 saturated carbocycles. The number of aliphatic hydroxyl groups is 4. The molecule has 5 aliphatic heterocycles. The van der Waals surface area contributed by atoms with E-state index in [0.717, 1.165) is 139 Å². The quantitative estimate of drug-likeness (QED) is 0.0283. The molecule has 5 saturated heterocycles. The topological polar surface area (TPSA) is 439 Å². The summed E-state index contributed by atoms with van der Waals surface area (Å²) in [4.78, 5) is 152. The van der Waals surface area contributed by atoms with Gasteiger partial charge in [-0.2, -0.15) is 0 Å². The van der Waals surface area contributed by atoms with E-state index in [1.807, 2.05) is 99.3 Å². The number of ether oxygens (including phenoxy) is 1. The van der Waals surface area contributed by atoms with E-state index < -0.39 is 53.7 Å². The Kier molecular flexibility index (Phi) is 34.4. The maximum atomic E-state index is 13.5. The van der Waals surface area contributed by atoms with Crippen LogP contribution in [0.2, 0.25) is 0 Å². The van der Waals surface area contributed by atoms with E-state index in [2.05, 4.69) is 165 Å². The zero-order valence-corrected chi connectivity index (χ0v) is 86.1. The van der Waals surface area contributed by atoms with E-state index in [9.17, 15) is 58.8 Å². The number of anilines is 4. The van der Waals surface area contributed by atoms with Crippen LogP contribution in [0.3, 0.4) is 0 Å². The van der Waals surface area contributed by atoms with Gasteiger partial charge in [0.05, 0.1) is 75.3 Å². The van der Waals surface area contributed by atoms with Crippen molar-refractivity contribution >= 4 is 116 Å². The molecule has 2 unspecified atom stereocenters.